The van der Waals surface area contributed by atoms with E-state index in [1.54, 1.807) is 42.5 Å². The summed E-state index contributed by atoms with van der Waals surface area (Å²) >= 11 is 0. The predicted octanol–water partition coefficient (Wildman–Crippen LogP) is 2.57. The van der Waals surface area contributed by atoms with E-state index >= 15 is 0 Å². The maximum Gasteiger partial charge on any atom is 0.251 e. The molecule has 0 fully saturated rings. The normalized spacial score (nSPS) is 14.9. The Balaban J connectivity index is 1.88. The zero-order chi connectivity index (χ0) is 23.9. The molecule has 0 unspecified atom stereocenters. The second kappa shape index (κ2) is 9.68. The Kier molecular flexibility index (Phi) is 4.69. The van der Waals surface area contributed by atoms with Gasteiger partial charge in [-0.05, 0) is 49.8 Å². The van der Waals surface area contributed by atoms with Crippen molar-refractivity contribution in [3.8, 4) is 17.2 Å². The van der Waals surface area contributed by atoms with Crippen molar-refractivity contribution in [3.63, 3.8) is 0 Å². The lowest BCUT2D eigenvalue weighted by atomic mass is 10.1. The molecule has 0 aliphatic heterocycles. The van der Waals surface area contributed by atoms with Gasteiger partial charge in [0.15, 0.2) is 11.5 Å². The summed E-state index contributed by atoms with van der Waals surface area (Å²) in [5, 5.41) is 2.81. The van der Waals surface area contributed by atoms with Crippen molar-refractivity contribution >= 4 is 5.91 Å². The molecule has 6 nitrogen and oxygen atoms in total. The Morgan fingerprint density at radius 1 is 1.08 bits per heavy atom. The zero-order valence-corrected chi connectivity index (χ0v) is 14.7. The van der Waals surface area contributed by atoms with E-state index in [-0.39, 0.29) is 25.6 Å². The first-order chi connectivity index (χ1) is 15.0. The van der Waals surface area contributed by atoms with Crippen molar-refractivity contribution in [1.82, 2.24) is 10.2 Å². The first-order valence-corrected chi connectivity index (χ1v) is 7.95. The van der Waals surface area contributed by atoms with Crippen LogP contribution in [0.1, 0.15) is 24.1 Å². The lowest BCUT2D eigenvalue weighted by molar-refractivity contribution is 0.0950. The molecule has 0 bridgehead atoms. The van der Waals surface area contributed by atoms with Gasteiger partial charge in [-0.1, -0.05) is 12.1 Å². The number of carbonyl (C=O) groups excluding carboxylic acids is 1. The third-order valence-corrected chi connectivity index (χ3v) is 3.61. The summed E-state index contributed by atoms with van der Waals surface area (Å²) < 4.78 is 59.9. The first-order valence-electron chi connectivity index (χ1n) is 11.0. The van der Waals surface area contributed by atoms with Crippen LogP contribution >= 0.6 is 0 Å². The maximum absolute atomic E-state index is 12.4. The van der Waals surface area contributed by atoms with E-state index in [0.29, 0.717) is 27.7 Å². The number of rotatable bonds is 9. The highest BCUT2D eigenvalue weighted by Gasteiger charge is 2.10. The molecule has 0 saturated heterocycles. The Morgan fingerprint density at radius 3 is 2.46 bits per heavy atom. The molecular formula is C20H26N2O4. The zero-order valence-electron chi connectivity index (χ0n) is 20.7. The second-order valence-electron chi connectivity index (χ2n) is 5.40. The minimum Gasteiger partial charge on any atom is -0.493 e. The summed E-state index contributed by atoms with van der Waals surface area (Å²) in [7, 11) is 3.01. The van der Waals surface area contributed by atoms with Crippen LogP contribution in [0.2, 0.25) is 0 Å². The number of amides is 1. The number of ether oxygens (including phenoxy) is 3. The van der Waals surface area contributed by atoms with Crippen molar-refractivity contribution < 1.29 is 27.2 Å². The van der Waals surface area contributed by atoms with E-state index in [9.17, 15) is 4.79 Å². The molecule has 2 rings (SSSR count). The van der Waals surface area contributed by atoms with Gasteiger partial charge in [0, 0.05) is 26.9 Å². The van der Waals surface area contributed by atoms with Crippen LogP contribution in [-0.4, -0.2) is 52.1 Å². The van der Waals surface area contributed by atoms with Gasteiger partial charge < -0.3 is 24.4 Å². The molecule has 2 aromatic rings. The predicted molar refractivity (Wildman–Crippen MR) is 101 cm³/mol. The quantitative estimate of drug-likeness (QED) is 0.741. The third-order valence-electron chi connectivity index (χ3n) is 3.61. The van der Waals surface area contributed by atoms with Crippen LogP contribution < -0.4 is 19.5 Å². The molecule has 0 atom stereocenters. The van der Waals surface area contributed by atoms with Crippen LogP contribution in [0, 0.1) is 0 Å². The number of carbonyl (C=O) groups is 1. The summed E-state index contributed by atoms with van der Waals surface area (Å²) in [4.78, 5) is 12.8. The average Bonchev–Trinajstić information content (AvgIpc) is 2.73. The molecule has 26 heavy (non-hydrogen) atoms. The van der Waals surface area contributed by atoms with Gasteiger partial charge in [0.25, 0.3) is 5.91 Å². The smallest absolute Gasteiger partial charge is 0.251 e. The van der Waals surface area contributed by atoms with E-state index in [2.05, 4.69) is 5.32 Å². The Labute approximate surface area is 163 Å². The Bertz CT molecular complexity index is 886. The molecule has 0 aliphatic carbocycles. The molecule has 1 amide bonds. The van der Waals surface area contributed by atoms with E-state index in [1.165, 1.54) is 14.2 Å². The Morgan fingerprint density at radius 2 is 1.81 bits per heavy atom. The summed E-state index contributed by atoms with van der Waals surface area (Å²) in [5.41, 5.74) is 1.24. The molecule has 1 N–H and O–H groups in total. The maximum atomic E-state index is 12.4. The van der Waals surface area contributed by atoms with Gasteiger partial charge in [-0.2, -0.15) is 0 Å². The SMILES string of the molecule is [2H]C([2H])([2H])N(CCOc1ccc(CNC(=O)c2ccc(OC)c(OC)c2)cc1)C([2H])([2H])[2H]. The molecule has 0 heterocycles. The summed E-state index contributed by atoms with van der Waals surface area (Å²) in [6.45, 7) is -5.60. The number of likely N-dealkylation sites (N-methyl/N-ethyl adjacent to an activating group) is 1. The molecule has 140 valence electrons. The first kappa shape index (κ1) is 12.6. The lowest BCUT2D eigenvalue weighted by Crippen LogP contribution is -2.22. The van der Waals surface area contributed by atoms with Gasteiger partial charge in [-0.25, -0.2) is 0 Å². The van der Waals surface area contributed by atoms with Crippen LogP contribution in [0.5, 0.6) is 17.2 Å². The highest BCUT2D eigenvalue weighted by Crippen LogP contribution is 2.27. The summed E-state index contributed by atoms with van der Waals surface area (Å²) in [6.07, 6.45) is 0. The molecule has 2 aromatic carbocycles. The average molecular weight is 364 g/mol. The molecule has 6 heteroatoms. The van der Waals surface area contributed by atoms with Crippen LogP contribution in [0.15, 0.2) is 42.5 Å². The van der Waals surface area contributed by atoms with Gasteiger partial charge in [0.2, 0.25) is 0 Å². The highest BCUT2D eigenvalue weighted by molar-refractivity contribution is 5.94. The van der Waals surface area contributed by atoms with Crippen molar-refractivity contribution in [2.75, 3.05) is 41.3 Å². The van der Waals surface area contributed by atoms with Crippen LogP contribution in [-0.2, 0) is 6.54 Å². The van der Waals surface area contributed by atoms with Crippen LogP contribution in [0.25, 0.3) is 0 Å². The summed E-state index contributed by atoms with van der Waals surface area (Å²) in [6, 6.07) is 11.7. The molecule has 0 aromatic heterocycles. The van der Waals surface area contributed by atoms with Gasteiger partial charge in [-0.15, -0.1) is 0 Å². The molecule has 0 radical (unpaired) electrons. The van der Waals surface area contributed by atoms with Gasteiger partial charge >= 0.3 is 0 Å². The third kappa shape index (κ3) is 5.67. The second-order valence-corrected chi connectivity index (χ2v) is 5.40. The molecule has 0 aliphatic rings. The topological polar surface area (TPSA) is 60.0 Å². The monoisotopic (exact) mass is 364 g/mol. The number of methoxy groups -OCH3 is 2. The largest absolute Gasteiger partial charge is 0.493 e. The van der Waals surface area contributed by atoms with Crippen LogP contribution in [0.4, 0.5) is 0 Å². The van der Waals surface area contributed by atoms with E-state index < -0.39 is 14.0 Å². The fourth-order valence-electron chi connectivity index (χ4n) is 2.22. The molecular weight excluding hydrogens is 332 g/mol. The fourth-order valence-corrected chi connectivity index (χ4v) is 2.22. The van der Waals surface area contributed by atoms with E-state index in [0.717, 1.165) is 5.56 Å². The van der Waals surface area contributed by atoms with Crippen molar-refractivity contribution in [2.24, 2.45) is 0 Å². The van der Waals surface area contributed by atoms with Crippen molar-refractivity contribution in [2.45, 2.75) is 6.54 Å². The van der Waals surface area contributed by atoms with Gasteiger partial charge in [-0.3, -0.25) is 4.79 Å². The number of nitrogens with one attached hydrogen (secondary N) is 1. The van der Waals surface area contributed by atoms with Crippen molar-refractivity contribution in [3.05, 3.63) is 53.6 Å². The minimum atomic E-state index is -2.75. The number of nitrogens with zero attached hydrogens (tertiary/aromatic N) is 1. The molecule has 0 spiro atoms. The fraction of sp³-hybridized carbons (Fsp3) is 0.350. The summed E-state index contributed by atoms with van der Waals surface area (Å²) in [5.74, 6) is 1.16. The minimum absolute atomic E-state index is 0.105. The van der Waals surface area contributed by atoms with Crippen molar-refractivity contribution in [1.29, 1.82) is 0 Å². The lowest BCUT2D eigenvalue weighted by Gasteiger charge is -2.12. The number of hydrogen-bond acceptors (Lipinski definition) is 5. The highest BCUT2D eigenvalue weighted by atomic mass is 16.5. The standard InChI is InChI=1S/C20H26N2O4/c1-22(2)11-12-26-17-8-5-15(6-9-17)14-21-20(23)16-7-10-18(24-3)19(13-16)25-4/h5-10,13H,11-12,14H2,1-4H3,(H,21,23)/i1D3,2D3. The van der Waals surface area contributed by atoms with Gasteiger partial charge in [0.05, 0.1) is 14.2 Å². The number of hydrogen-bond donors (Lipinski definition) is 1. The van der Waals surface area contributed by atoms with E-state index in [4.69, 9.17) is 22.4 Å². The number of benzene rings is 2. The van der Waals surface area contributed by atoms with Gasteiger partial charge in [0.1, 0.15) is 12.4 Å². The van der Waals surface area contributed by atoms with Crippen LogP contribution in [0.3, 0.4) is 0 Å². The van der Waals surface area contributed by atoms with E-state index in [1.807, 2.05) is 0 Å². The Hall–Kier alpha value is -2.73. The molecule has 0 saturated carbocycles.